The van der Waals surface area contributed by atoms with E-state index in [1.54, 1.807) is 0 Å². The predicted octanol–water partition coefficient (Wildman–Crippen LogP) is 2.65. The molecule has 4 nitrogen and oxygen atoms in total. The van der Waals surface area contributed by atoms with Crippen LogP contribution in [-0.4, -0.2) is 25.0 Å². The maximum absolute atomic E-state index is 11.7. The molecule has 0 atom stereocenters. The lowest BCUT2D eigenvalue weighted by Gasteiger charge is -2.12. The van der Waals surface area contributed by atoms with E-state index < -0.39 is 0 Å². The number of nitrogens with zero attached hydrogens (tertiary/aromatic N) is 2. The van der Waals surface area contributed by atoms with Crippen molar-refractivity contribution in [1.82, 2.24) is 4.98 Å². The number of anilines is 2. The fourth-order valence-corrected chi connectivity index (χ4v) is 2.03. The van der Waals surface area contributed by atoms with E-state index in [2.05, 4.69) is 10.3 Å². The number of carbonyl (C=O) groups is 1. The van der Waals surface area contributed by atoms with Crippen molar-refractivity contribution >= 4 is 28.3 Å². The normalized spacial score (nSPS) is 14.4. The molecule has 1 aromatic carbocycles. The van der Waals surface area contributed by atoms with Crippen LogP contribution in [0.25, 0.3) is 10.9 Å². The van der Waals surface area contributed by atoms with Gasteiger partial charge in [0.15, 0.2) is 0 Å². The van der Waals surface area contributed by atoms with Gasteiger partial charge in [-0.25, -0.2) is 4.98 Å². The Kier molecular flexibility index (Phi) is 2.85. The quantitative estimate of drug-likeness (QED) is 0.917. The highest BCUT2D eigenvalue weighted by Crippen LogP contribution is 2.30. The van der Waals surface area contributed by atoms with Gasteiger partial charge in [-0.1, -0.05) is 0 Å². The Morgan fingerprint density at radius 2 is 2.05 bits per heavy atom. The second kappa shape index (κ2) is 4.53. The Hall–Kier alpha value is -2.10. The van der Waals surface area contributed by atoms with Gasteiger partial charge in [-0.05, 0) is 43.2 Å². The Balaban J connectivity index is 1.88. The lowest BCUT2D eigenvalue weighted by atomic mass is 10.2. The second-order valence-electron chi connectivity index (χ2n) is 5.23. The van der Waals surface area contributed by atoms with E-state index in [-0.39, 0.29) is 11.8 Å². The smallest absolute Gasteiger partial charge is 0.227 e. The third-order valence-electron chi connectivity index (χ3n) is 3.35. The monoisotopic (exact) mass is 255 g/mol. The van der Waals surface area contributed by atoms with Gasteiger partial charge in [0.25, 0.3) is 0 Å². The summed E-state index contributed by atoms with van der Waals surface area (Å²) >= 11 is 0. The molecule has 2 aromatic rings. The van der Waals surface area contributed by atoms with E-state index >= 15 is 0 Å². The zero-order chi connectivity index (χ0) is 13.4. The van der Waals surface area contributed by atoms with E-state index in [1.807, 2.05) is 49.3 Å². The zero-order valence-electron chi connectivity index (χ0n) is 11.2. The molecular formula is C15H17N3O. The van der Waals surface area contributed by atoms with Gasteiger partial charge in [0, 0.05) is 31.1 Å². The van der Waals surface area contributed by atoms with Crippen LogP contribution in [0.3, 0.4) is 0 Å². The highest BCUT2D eigenvalue weighted by Gasteiger charge is 2.29. The molecule has 98 valence electrons. The van der Waals surface area contributed by atoms with E-state index in [0.29, 0.717) is 0 Å². The van der Waals surface area contributed by atoms with Crippen molar-refractivity contribution in [3.63, 3.8) is 0 Å². The maximum atomic E-state index is 11.7. The minimum absolute atomic E-state index is 0.136. The first-order valence-corrected chi connectivity index (χ1v) is 6.52. The van der Waals surface area contributed by atoms with Gasteiger partial charge in [0.05, 0.1) is 5.52 Å². The largest absolute Gasteiger partial charge is 0.363 e. The Labute approximate surface area is 112 Å². The first-order valence-electron chi connectivity index (χ1n) is 6.52. The molecule has 1 fully saturated rings. The van der Waals surface area contributed by atoms with Gasteiger partial charge in [0.2, 0.25) is 5.91 Å². The van der Waals surface area contributed by atoms with Crippen LogP contribution in [0.5, 0.6) is 0 Å². The number of carbonyl (C=O) groups excluding carboxylic acids is 1. The molecule has 1 heterocycles. The molecule has 0 saturated heterocycles. The highest BCUT2D eigenvalue weighted by molar-refractivity contribution is 5.96. The first kappa shape index (κ1) is 12.0. The number of fused-ring (bicyclic) bond motifs is 1. The fourth-order valence-electron chi connectivity index (χ4n) is 2.03. The minimum Gasteiger partial charge on any atom is -0.363 e. The van der Waals surface area contributed by atoms with Gasteiger partial charge in [-0.2, -0.15) is 0 Å². The molecule has 0 spiro atoms. The fraction of sp³-hybridized carbons (Fsp3) is 0.333. The summed E-state index contributed by atoms with van der Waals surface area (Å²) in [4.78, 5) is 18.3. The number of rotatable bonds is 3. The molecule has 1 aliphatic carbocycles. The van der Waals surface area contributed by atoms with Crippen molar-refractivity contribution < 1.29 is 4.79 Å². The Bertz CT molecular complexity index is 632. The Morgan fingerprint density at radius 3 is 2.74 bits per heavy atom. The van der Waals surface area contributed by atoms with E-state index in [1.165, 1.54) is 0 Å². The minimum atomic E-state index is 0.136. The number of amides is 1. The average molecular weight is 255 g/mol. The first-order chi connectivity index (χ1) is 9.13. The standard InChI is InChI=1S/C15H17N3O/c1-18(2)14-8-5-11-9-12(6-7-13(11)17-14)16-15(19)10-3-4-10/h5-10H,3-4H2,1-2H3,(H,16,19). The van der Waals surface area contributed by atoms with Crippen molar-refractivity contribution in [2.45, 2.75) is 12.8 Å². The summed E-state index contributed by atoms with van der Waals surface area (Å²) in [6.07, 6.45) is 2.04. The van der Waals surface area contributed by atoms with Crippen LogP contribution in [0.4, 0.5) is 11.5 Å². The van der Waals surface area contributed by atoms with E-state index in [4.69, 9.17) is 0 Å². The molecule has 1 saturated carbocycles. The summed E-state index contributed by atoms with van der Waals surface area (Å²) in [5.41, 5.74) is 1.79. The van der Waals surface area contributed by atoms with Crippen LogP contribution < -0.4 is 10.2 Å². The van der Waals surface area contributed by atoms with Gasteiger partial charge in [-0.15, -0.1) is 0 Å². The summed E-state index contributed by atoms with van der Waals surface area (Å²) in [5, 5.41) is 4.00. The number of pyridine rings is 1. The lowest BCUT2D eigenvalue weighted by Crippen LogP contribution is -2.13. The average Bonchev–Trinajstić information content (AvgIpc) is 3.22. The summed E-state index contributed by atoms with van der Waals surface area (Å²) in [6.45, 7) is 0. The number of hydrogen-bond donors (Lipinski definition) is 1. The van der Waals surface area contributed by atoms with Crippen molar-refractivity contribution in [3.05, 3.63) is 30.3 Å². The van der Waals surface area contributed by atoms with Crippen LogP contribution in [0, 0.1) is 5.92 Å². The molecule has 0 unspecified atom stereocenters. The molecule has 4 heteroatoms. The van der Waals surface area contributed by atoms with Crippen molar-refractivity contribution in [2.24, 2.45) is 5.92 Å². The van der Waals surface area contributed by atoms with Crippen LogP contribution in [0.1, 0.15) is 12.8 Å². The van der Waals surface area contributed by atoms with Crippen LogP contribution in [-0.2, 0) is 4.79 Å². The summed E-state index contributed by atoms with van der Waals surface area (Å²) < 4.78 is 0. The van der Waals surface area contributed by atoms with E-state index in [9.17, 15) is 4.79 Å². The Morgan fingerprint density at radius 1 is 1.26 bits per heavy atom. The summed E-state index contributed by atoms with van der Waals surface area (Å²) in [7, 11) is 3.94. The van der Waals surface area contributed by atoms with Gasteiger partial charge < -0.3 is 10.2 Å². The molecule has 0 radical (unpaired) electrons. The summed E-state index contributed by atoms with van der Waals surface area (Å²) in [5.74, 6) is 1.30. The number of benzene rings is 1. The van der Waals surface area contributed by atoms with Gasteiger partial charge in [0.1, 0.15) is 5.82 Å². The zero-order valence-corrected chi connectivity index (χ0v) is 11.2. The molecule has 0 bridgehead atoms. The SMILES string of the molecule is CN(C)c1ccc2cc(NC(=O)C3CC3)ccc2n1. The lowest BCUT2D eigenvalue weighted by molar-refractivity contribution is -0.117. The molecule has 1 amide bonds. The van der Waals surface area contributed by atoms with E-state index in [0.717, 1.165) is 35.2 Å². The van der Waals surface area contributed by atoms with Crippen molar-refractivity contribution in [2.75, 3.05) is 24.3 Å². The highest BCUT2D eigenvalue weighted by atomic mass is 16.2. The molecule has 1 N–H and O–H groups in total. The molecule has 3 rings (SSSR count). The molecule has 0 aliphatic heterocycles. The third kappa shape index (κ3) is 2.52. The topological polar surface area (TPSA) is 45.2 Å². The van der Waals surface area contributed by atoms with Gasteiger partial charge >= 0.3 is 0 Å². The van der Waals surface area contributed by atoms with Crippen LogP contribution in [0.2, 0.25) is 0 Å². The molecular weight excluding hydrogens is 238 g/mol. The second-order valence-corrected chi connectivity index (χ2v) is 5.23. The number of aromatic nitrogens is 1. The molecule has 19 heavy (non-hydrogen) atoms. The maximum Gasteiger partial charge on any atom is 0.227 e. The number of nitrogens with one attached hydrogen (secondary N) is 1. The predicted molar refractivity (Wildman–Crippen MR) is 77.4 cm³/mol. The van der Waals surface area contributed by atoms with Crippen LogP contribution >= 0.6 is 0 Å². The summed E-state index contributed by atoms with van der Waals surface area (Å²) in [6, 6.07) is 9.85. The number of hydrogen-bond acceptors (Lipinski definition) is 3. The van der Waals surface area contributed by atoms with Crippen molar-refractivity contribution in [1.29, 1.82) is 0 Å². The van der Waals surface area contributed by atoms with Gasteiger partial charge in [-0.3, -0.25) is 4.79 Å². The molecule has 1 aromatic heterocycles. The third-order valence-corrected chi connectivity index (χ3v) is 3.35. The molecule has 1 aliphatic rings. The van der Waals surface area contributed by atoms with Crippen molar-refractivity contribution in [3.8, 4) is 0 Å². The van der Waals surface area contributed by atoms with Crippen LogP contribution in [0.15, 0.2) is 30.3 Å².